The first-order chi connectivity index (χ1) is 7.41. The fourth-order valence-corrected chi connectivity index (χ4v) is 1.28. The van der Waals surface area contributed by atoms with Crippen molar-refractivity contribution in [3.05, 3.63) is 24.5 Å². The van der Waals surface area contributed by atoms with Crippen LogP contribution in [0.2, 0.25) is 0 Å². The zero-order valence-corrected chi connectivity index (χ0v) is 10.4. The molecule has 88 valence electrons. The lowest BCUT2D eigenvalue weighted by atomic mass is 10.2. The average molecular weight is 210 g/mol. The van der Waals surface area contributed by atoms with Crippen molar-refractivity contribution in [2.45, 2.75) is 58.8 Å². The van der Waals surface area contributed by atoms with Crippen LogP contribution in [-0.4, -0.2) is 6.61 Å². The molecule has 0 rings (SSSR count). The summed E-state index contributed by atoms with van der Waals surface area (Å²) in [5.74, 6) is 0. The standard InChI is InChI=1S/C14H26O/c1-3-5-7-9-10-12-14-15-13-11-8-6-4-2/h9-10,12,14H,3-8,11,13H2,1-2H3. The van der Waals surface area contributed by atoms with E-state index in [0.29, 0.717) is 0 Å². The largest absolute Gasteiger partial charge is 0.501 e. The van der Waals surface area contributed by atoms with E-state index in [0.717, 1.165) is 6.61 Å². The Hall–Kier alpha value is -0.720. The van der Waals surface area contributed by atoms with Crippen LogP contribution < -0.4 is 0 Å². The smallest absolute Gasteiger partial charge is 0.0873 e. The minimum Gasteiger partial charge on any atom is -0.501 e. The van der Waals surface area contributed by atoms with Crippen molar-refractivity contribution in [1.82, 2.24) is 0 Å². The van der Waals surface area contributed by atoms with Crippen LogP contribution in [0.4, 0.5) is 0 Å². The molecule has 0 aromatic carbocycles. The Balaban J connectivity index is 3.13. The third kappa shape index (κ3) is 13.3. The van der Waals surface area contributed by atoms with Crippen molar-refractivity contribution in [1.29, 1.82) is 0 Å². The molecule has 0 fully saturated rings. The molecule has 0 atom stereocenters. The van der Waals surface area contributed by atoms with E-state index in [4.69, 9.17) is 4.74 Å². The van der Waals surface area contributed by atoms with Gasteiger partial charge in [0.15, 0.2) is 0 Å². The maximum atomic E-state index is 5.35. The Morgan fingerprint density at radius 3 is 2.40 bits per heavy atom. The second-order valence-electron chi connectivity index (χ2n) is 3.83. The zero-order valence-electron chi connectivity index (χ0n) is 10.4. The summed E-state index contributed by atoms with van der Waals surface area (Å²) in [5, 5.41) is 0. The number of hydrogen-bond donors (Lipinski definition) is 0. The number of allylic oxidation sites excluding steroid dienone is 3. The van der Waals surface area contributed by atoms with Gasteiger partial charge in [0, 0.05) is 0 Å². The summed E-state index contributed by atoms with van der Waals surface area (Å²) >= 11 is 0. The summed E-state index contributed by atoms with van der Waals surface area (Å²) in [5.41, 5.74) is 0. The highest BCUT2D eigenvalue weighted by atomic mass is 16.5. The molecule has 1 heteroatoms. The van der Waals surface area contributed by atoms with E-state index in [9.17, 15) is 0 Å². The quantitative estimate of drug-likeness (QED) is 0.285. The Kier molecular flexibility index (Phi) is 12.6. The molecule has 0 aromatic heterocycles. The summed E-state index contributed by atoms with van der Waals surface area (Å²) in [6, 6.07) is 0. The normalized spacial score (nSPS) is 11.6. The third-order valence-corrected chi connectivity index (χ3v) is 2.26. The number of unbranched alkanes of at least 4 members (excludes halogenated alkanes) is 5. The number of rotatable bonds is 10. The first-order valence-electron chi connectivity index (χ1n) is 6.35. The summed E-state index contributed by atoms with van der Waals surface area (Å²) in [6.45, 7) is 5.30. The second-order valence-corrected chi connectivity index (χ2v) is 3.83. The number of hydrogen-bond acceptors (Lipinski definition) is 1. The van der Waals surface area contributed by atoms with E-state index in [2.05, 4.69) is 26.0 Å². The fraction of sp³-hybridized carbons (Fsp3) is 0.714. The van der Waals surface area contributed by atoms with Gasteiger partial charge >= 0.3 is 0 Å². The molecule has 0 aliphatic heterocycles. The van der Waals surface area contributed by atoms with Crippen LogP contribution in [-0.2, 0) is 4.74 Å². The van der Waals surface area contributed by atoms with Crippen molar-refractivity contribution in [2.24, 2.45) is 0 Å². The Morgan fingerprint density at radius 2 is 1.67 bits per heavy atom. The van der Waals surface area contributed by atoms with Crippen LogP contribution in [0.15, 0.2) is 24.5 Å². The van der Waals surface area contributed by atoms with Crippen molar-refractivity contribution in [3.63, 3.8) is 0 Å². The van der Waals surface area contributed by atoms with Gasteiger partial charge in [-0.2, -0.15) is 0 Å². The molecule has 0 saturated heterocycles. The number of ether oxygens (including phenoxy) is 1. The molecule has 0 unspecified atom stereocenters. The highest BCUT2D eigenvalue weighted by Crippen LogP contribution is 1.99. The maximum Gasteiger partial charge on any atom is 0.0873 e. The monoisotopic (exact) mass is 210 g/mol. The van der Waals surface area contributed by atoms with E-state index >= 15 is 0 Å². The topological polar surface area (TPSA) is 9.23 Å². The van der Waals surface area contributed by atoms with Crippen LogP contribution in [0.3, 0.4) is 0 Å². The van der Waals surface area contributed by atoms with Gasteiger partial charge in [-0.25, -0.2) is 0 Å². The molecule has 0 aromatic rings. The van der Waals surface area contributed by atoms with Crippen LogP contribution in [0.25, 0.3) is 0 Å². The van der Waals surface area contributed by atoms with Gasteiger partial charge in [0.2, 0.25) is 0 Å². The van der Waals surface area contributed by atoms with Crippen LogP contribution in [0.5, 0.6) is 0 Å². The molecule has 0 bridgehead atoms. The van der Waals surface area contributed by atoms with Gasteiger partial charge in [0.25, 0.3) is 0 Å². The first-order valence-corrected chi connectivity index (χ1v) is 6.35. The van der Waals surface area contributed by atoms with Gasteiger partial charge < -0.3 is 4.74 Å². The van der Waals surface area contributed by atoms with Crippen LogP contribution in [0, 0.1) is 0 Å². The fourth-order valence-electron chi connectivity index (χ4n) is 1.28. The zero-order chi connectivity index (χ0) is 11.2. The Labute approximate surface area is 95.2 Å². The summed E-state index contributed by atoms with van der Waals surface area (Å²) in [6.07, 6.45) is 16.8. The summed E-state index contributed by atoms with van der Waals surface area (Å²) in [7, 11) is 0. The van der Waals surface area contributed by atoms with Gasteiger partial charge in [-0.15, -0.1) is 0 Å². The molecule has 0 spiro atoms. The van der Waals surface area contributed by atoms with E-state index in [1.807, 2.05) is 6.08 Å². The molecule has 0 aliphatic carbocycles. The Bertz CT molecular complexity index is 159. The molecule has 15 heavy (non-hydrogen) atoms. The molecule has 1 nitrogen and oxygen atoms in total. The predicted octanol–water partition coefficient (Wildman–Crippen LogP) is 4.84. The Morgan fingerprint density at radius 1 is 0.867 bits per heavy atom. The lowest BCUT2D eigenvalue weighted by molar-refractivity contribution is 0.241. The summed E-state index contributed by atoms with van der Waals surface area (Å²) in [4.78, 5) is 0. The highest BCUT2D eigenvalue weighted by molar-refractivity contribution is 4.99. The van der Waals surface area contributed by atoms with Gasteiger partial charge in [-0.05, 0) is 18.9 Å². The van der Waals surface area contributed by atoms with E-state index < -0.39 is 0 Å². The van der Waals surface area contributed by atoms with Crippen molar-refractivity contribution in [2.75, 3.05) is 6.61 Å². The van der Waals surface area contributed by atoms with E-state index in [-0.39, 0.29) is 0 Å². The van der Waals surface area contributed by atoms with E-state index in [1.165, 1.54) is 44.9 Å². The summed E-state index contributed by atoms with van der Waals surface area (Å²) < 4.78 is 5.35. The minimum absolute atomic E-state index is 0.860. The minimum atomic E-state index is 0.860. The lowest BCUT2D eigenvalue weighted by Crippen LogP contribution is -1.86. The molecule has 0 amide bonds. The molecule has 0 aliphatic rings. The molecule has 0 N–H and O–H groups in total. The van der Waals surface area contributed by atoms with Gasteiger partial charge in [-0.3, -0.25) is 0 Å². The van der Waals surface area contributed by atoms with Crippen LogP contribution in [0.1, 0.15) is 58.8 Å². The molecule has 0 heterocycles. The SMILES string of the molecule is CCCCC=CC=COCCCCCC. The van der Waals surface area contributed by atoms with Gasteiger partial charge in [0.05, 0.1) is 12.9 Å². The van der Waals surface area contributed by atoms with E-state index in [1.54, 1.807) is 6.26 Å². The molecule has 0 saturated carbocycles. The maximum absolute atomic E-state index is 5.35. The molecular formula is C14H26O. The molecule has 0 radical (unpaired) electrons. The predicted molar refractivity (Wildman–Crippen MR) is 67.9 cm³/mol. The van der Waals surface area contributed by atoms with Crippen LogP contribution >= 0.6 is 0 Å². The lowest BCUT2D eigenvalue weighted by Gasteiger charge is -1.98. The first kappa shape index (κ1) is 14.3. The van der Waals surface area contributed by atoms with Crippen molar-refractivity contribution >= 4 is 0 Å². The van der Waals surface area contributed by atoms with Gasteiger partial charge in [0.1, 0.15) is 0 Å². The molecular weight excluding hydrogens is 184 g/mol. The van der Waals surface area contributed by atoms with Gasteiger partial charge in [-0.1, -0.05) is 58.1 Å². The third-order valence-electron chi connectivity index (χ3n) is 2.26. The highest BCUT2D eigenvalue weighted by Gasteiger charge is 1.85. The average Bonchev–Trinajstić information content (AvgIpc) is 2.26. The van der Waals surface area contributed by atoms with Crippen molar-refractivity contribution < 1.29 is 4.74 Å². The van der Waals surface area contributed by atoms with Crippen molar-refractivity contribution in [3.8, 4) is 0 Å². The second kappa shape index (κ2) is 13.3.